The minimum absolute atomic E-state index is 0.572. The van der Waals surface area contributed by atoms with Crippen molar-refractivity contribution >= 4 is 33.4 Å². The molecule has 0 unspecified atom stereocenters. The molecule has 0 saturated carbocycles. The van der Waals surface area contributed by atoms with Gasteiger partial charge >= 0.3 is 0 Å². The zero-order valence-electron chi connectivity index (χ0n) is 12.2. The highest BCUT2D eigenvalue weighted by atomic mass is 32.1. The van der Waals surface area contributed by atoms with Gasteiger partial charge in [-0.15, -0.1) is 11.3 Å². The van der Waals surface area contributed by atoms with Crippen LogP contribution < -0.4 is 9.64 Å². The molecule has 3 rings (SSSR count). The van der Waals surface area contributed by atoms with Gasteiger partial charge in [0, 0.05) is 30.4 Å². The number of methoxy groups -OCH3 is 1. The van der Waals surface area contributed by atoms with Gasteiger partial charge in [0.1, 0.15) is 5.01 Å². The summed E-state index contributed by atoms with van der Waals surface area (Å²) < 4.78 is 5.41. The van der Waals surface area contributed by atoms with E-state index in [2.05, 4.69) is 21.5 Å². The van der Waals surface area contributed by atoms with Crippen molar-refractivity contribution in [2.45, 2.75) is 0 Å². The summed E-state index contributed by atoms with van der Waals surface area (Å²) in [4.78, 5) is 14.9. The maximum atomic E-state index is 5.41. The summed E-state index contributed by atoms with van der Waals surface area (Å²) in [5.74, 6) is 0.572. The SMILES string of the molecule is C=C(c1cscn1)N(C)c1sc(-c2cccnc2)nc1OC. The van der Waals surface area contributed by atoms with E-state index in [1.165, 1.54) is 11.3 Å². The molecule has 0 N–H and O–H groups in total. The van der Waals surface area contributed by atoms with E-state index in [1.54, 1.807) is 36.4 Å². The molecule has 7 heteroatoms. The minimum Gasteiger partial charge on any atom is -0.479 e. The third-order valence-electron chi connectivity index (χ3n) is 3.12. The van der Waals surface area contributed by atoms with E-state index in [1.807, 2.05) is 29.5 Å². The lowest BCUT2D eigenvalue weighted by Gasteiger charge is -2.18. The Hall–Kier alpha value is -2.25. The van der Waals surface area contributed by atoms with Gasteiger partial charge in [0.05, 0.1) is 24.0 Å². The highest BCUT2D eigenvalue weighted by Crippen LogP contribution is 2.41. The van der Waals surface area contributed by atoms with Crippen LogP contribution in [0, 0.1) is 0 Å². The third kappa shape index (κ3) is 2.72. The second kappa shape index (κ2) is 6.25. The van der Waals surface area contributed by atoms with E-state index in [4.69, 9.17) is 4.74 Å². The molecular formula is C15H14N4OS2. The highest BCUT2D eigenvalue weighted by molar-refractivity contribution is 7.19. The maximum absolute atomic E-state index is 5.41. The Kier molecular flexibility index (Phi) is 4.17. The summed E-state index contributed by atoms with van der Waals surface area (Å²) in [6.45, 7) is 4.11. The Bertz CT molecular complexity index is 768. The lowest BCUT2D eigenvalue weighted by atomic mass is 10.3. The molecular weight excluding hydrogens is 316 g/mol. The van der Waals surface area contributed by atoms with Crippen LogP contribution in [0.1, 0.15) is 5.69 Å². The van der Waals surface area contributed by atoms with Crippen LogP contribution >= 0.6 is 22.7 Å². The second-order valence-electron chi connectivity index (χ2n) is 4.45. The fraction of sp³-hybridized carbons (Fsp3) is 0.133. The Morgan fingerprint density at radius 3 is 2.91 bits per heavy atom. The Morgan fingerprint density at radius 1 is 1.41 bits per heavy atom. The van der Waals surface area contributed by atoms with E-state index in [0.29, 0.717) is 5.88 Å². The van der Waals surface area contributed by atoms with E-state index in [-0.39, 0.29) is 0 Å². The van der Waals surface area contributed by atoms with Crippen molar-refractivity contribution in [2.24, 2.45) is 0 Å². The van der Waals surface area contributed by atoms with Gasteiger partial charge in [-0.1, -0.05) is 17.9 Å². The van der Waals surface area contributed by atoms with Crippen LogP contribution in [0.4, 0.5) is 5.00 Å². The molecule has 3 heterocycles. The van der Waals surface area contributed by atoms with Gasteiger partial charge in [0.15, 0.2) is 5.00 Å². The summed E-state index contributed by atoms with van der Waals surface area (Å²) >= 11 is 3.08. The highest BCUT2D eigenvalue weighted by Gasteiger charge is 2.19. The van der Waals surface area contributed by atoms with Crippen molar-refractivity contribution in [2.75, 3.05) is 19.1 Å². The van der Waals surface area contributed by atoms with E-state index in [9.17, 15) is 0 Å². The molecule has 0 fully saturated rings. The first kappa shape index (κ1) is 14.7. The van der Waals surface area contributed by atoms with Gasteiger partial charge < -0.3 is 9.64 Å². The topological polar surface area (TPSA) is 51.1 Å². The summed E-state index contributed by atoms with van der Waals surface area (Å²) in [6, 6.07) is 3.87. The molecule has 0 aliphatic carbocycles. The smallest absolute Gasteiger partial charge is 0.249 e. The normalized spacial score (nSPS) is 10.5. The van der Waals surface area contributed by atoms with Crippen molar-refractivity contribution in [1.29, 1.82) is 0 Å². The molecule has 0 bridgehead atoms. The van der Waals surface area contributed by atoms with Gasteiger partial charge in [0.25, 0.3) is 0 Å². The van der Waals surface area contributed by atoms with E-state index >= 15 is 0 Å². The average Bonchev–Trinajstić information content (AvgIpc) is 3.23. The molecule has 0 amide bonds. The Labute approximate surface area is 136 Å². The molecule has 0 spiro atoms. The van der Waals surface area contributed by atoms with Crippen LogP contribution in [0.25, 0.3) is 16.3 Å². The summed E-state index contributed by atoms with van der Waals surface area (Å²) in [7, 11) is 3.55. The van der Waals surface area contributed by atoms with E-state index in [0.717, 1.165) is 27.0 Å². The van der Waals surface area contributed by atoms with Gasteiger partial charge in [-0.25, -0.2) is 4.98 Å². The average molecular weight is 330 g/mol. The predicted molar refractivity (Wildman–Crippen MR) is 91.4 cm³/mol. The summed E-state index contributed by atoms with van der Waals surface area (Å²) in [5.41, 5.74) is 4.41. The first-order valence-corrected chi connectivity index (χ1v) is 8.23. The number of thiazole rings is 2. The van der Waals surface area contributed by atoms with Gasteiger partial charge in [-0.05, 0) is 12.1 Å². The van der Waals surface area contributed by atoms with Crippen LogP contribution in [-0.4, -0.2) is 29.1 Å². The number of rotatable bonds is 5. The van der Waals surface area contributed by atoms with Gasteiger partial charge in [-0.3, -0.25) is 4.98 Å². The Balaban J connectivity index is 1.96. The fourth-order valence-electron chi connectivity index (χ4n) is 1.91. The van der Waals surface area contributed by atoms with Crippen molar-refractivity contribution in [3.63, 3.8) is 0 Å². The van der Waals surface area contributed by atoms with Crippen LogP contribution in [0.15, 0.2) is 42.0 Å². The minimum atomic E-state index is 0.572. The number of nitrogens with zero attached hydrogens (tertiary/aromatic N) is 4. The number of aromatic nitrogens is 3. The fourth-order valence-corrected chi connectivity index (χ4v) is 3.48. The third-order valence-corrected chi connectivity index (χ3v) is 4.87. The number of hydrogen-bond donors (Lipinski definition) is 0. The Morgan fingerprint density at radius 2 is 2.27 bits per heavy atom. The maximum Gasteiger partial charge on any atom is 0.249 e. The molecule has 5 nitrogen and oxygen atoms in total. The standard InChI is InChI=1S/C15H14N4OS2/c1-10(12-8-21-9-17-12)19(2)15-13(20-3)18-14(22-15)11-5-4-6-16-7-11/h4-9H,1H2,2-3H3. The zero-order chi connectivity index (χ0) is 15.5. The first-order valence-electron chi connectivity index (χ1n) is 6.47. The molecule has 0 radical (unpaired) electrons. The van der Waals surface area contributed by atoms with Crippen LogP contribution in [-0.2, 0) is 0 Å². The number of ether oxygens (including phenoxy) is 1. The number of anilines is 1. The molecule has 0 aliphatic heterocycles. The lowest BCUT2D eigenvalue weighted by Crippen LogP contribution is -2.14. The quantitative estimate of drug-likeness (QED) is 0.712. The molecule has 22 heavy (non-hydrogen) atoms. The summed E-state index contributed by atoms with van der Waals surface area (Å²) in [5, 5.41) is 3.71. The summed E-state index contributed by atoms with van der Waals surface area (Å²) in [6.07, 6.45) is 3.53. The van der Waals surface area contributed by atoms with Crippen LogP contribution in [0.5, 0.6) is 5.88 Å². The zero-order valence-corrected chi connectivity index (χ0v) is 13.8. The number of pyridine rings is 1. The molecule has 0 aromatic carbocycles. The molecule has 0 saturated heterocycles. The molecule has 3 aromatic rings. The van der Waals surface area contributed by atoms with Gasteiger partial charge in [-0.2, -0.15) is 4.98 Å². The van der Waals surface area contributed by atoms with Crippen molar-refractivity contribution in [3.8, 4) is 16.5 Å². The molecule has 3 aromatic heterocycles. The van der Waals surface area contributed by atoms with Crippen molar-refractivity contribution in [3.05, 3.63) is 47.7 Å². The van der Waals surface area contributed by atoms with Gasteiger partial charge in [0.2, 0.25) is 5.88 Å². The van der Waals surface area contributed by atoms with E-state index < -0.39 is 0 Å². The molecule has 0 aliphatic rings. The first-order chi connectivity index (χ1) is 10.7. The predicted octanol–water partition coefficient (Wildman–Crippen LogP) is 3.78. The monoisotopic (exact) mass is 330 g/mol. The largest absolute Gasteiger partial charge is 0.479 e. The van der Waals surface area contributed by atoms with Crippen LogP contribution in [0.3, 0.4) is 0 Å². The van der Waals surface area contributed by atoms with Crippen molar-refractivity contribution in [1.82, 2.24) is 15.0 Å². The molecule has 0 atom stereocenters. The lowest BCUT2D eigenvalue weighted by molar-refractivity contribution is 0.402. The van der Waals surface area contributed by atoms with Crippen molar-refractivity contribution < 1.29 is 4.74 Å². The molecule has 112 valence electrons. The number of hydrogen-bond acceptors (Lipinski definition) is 7. The second-order valence-corrected chi connectivity index (χ2v) is 6.15. The van der Waals surface area contributed by atoms with Crippen LogP contribution in [0.2, 0.25) is 0 Å².